The average Bonchev–Trinajstić information content (AvgIpc) is 2.64. The van der Waals surface area contributed by atoms with Gasteiger partial charge in [0.1, 0.15) is 11.3 Å². The standard InChI is InChI=1S/C20H16BrN3O4S/c1-11-3-2-4-14(7-11)22-17(25)10-28-16-6-5-13(21)8-12(16)9-15-18(26)23-20(29)24-19(15)27/h2-9H,10H2,1H3,(H,22,25)(H2,23,24,26,27,29). The molecule has 0 aromatic heterocycles. The second kappa shape index (κ2) is 8.97. The van der Waals surface area contributed by atoms with E-state index in [1.165, 1.54) is 6.08 Å². The van der Waals surface area contributed by atoms with Crippen LogP contribution in [0, 0.1) is 6.92 Å². The molecule has 3 rings (SSSR count). The third-order valence-electron chi connectivity index (χ3n) is 3.88. The molecule has 1 heterocycles. The molecular formula is C20H16BrN3O4S. The van der Waals surface area contributed by atoms with Crippen LogP contribution in [0.1, 0.15) is 11.1 Å². The van der Waals surface area contributed by atoms with Gasteiger partial charge in [-0.05, 0) is 61.1 Å². The Bertz CT molecular complexity index is 1030. The average molecular weight is 474 g/mol. The Morgan fingerprint density at radius 3 is 2.59 bits per heavy atom. The zero-order chi connectivity index (χ0) is 21.0. The highest BCUT2D eigenvalue weighted by molar-refractivity contribution is 9.10. The molecule has 7 nitrogen and oxygen atoms in total. The van der Waals surface area contributed by atoms with Crippen LogP contribution in [-0.2, 0) is 14.4 Å². The topological polar surface area (TPSA) is 96.5 Å². The molecule has 2 aromatic carbocycles. The minimum Gasteiger partial charge on any atom is -0.483 e. The zero-order valence-corrected chi connectivity index (χ0v) is 17.6. The van der Waals surface area contributed by atoms with Crippen molar-refractivity contribution in [2.75, 3.05) is 11.9 Å². The number of hydrogen-bond donors (Lipinski definition) is 3. The number of hydrogen-bond acceptors (Lipinski definition) is 5. The molecule has 148 valence electrons. The number of thiocarbonyl (C=S) groups is 1. The molecule has 3 amide bonds. The van der Waals surface area contributed by atoms with Gasteiger partial charge in [-0.3, -0.25) is 25.0 Å². The quantitative estimate of drug-likeness (QED) is 0.352. The van der Waals surface area contributed by atoms with Crippen molar-refractivity contribution in [3.05, 3.63) is 63.6 Å². The molecule has 3 N–H and O–H groups in total. The molecule has 0 saturated carbocycles. The van der Waals surface area contributed by atoms with Gasteiger partial charge in [-0.1, -0.05) is 28.1 Å². The lowest BCUT2D eigenvalue weighted by Gasteiger charge is -2.17. The normalized spacial score (nSPS) is 13.4. The second-order valence-corrected chi connectivity index (χ2v) is 7.51. The molecule has 0 bridgehead atoms. The molecule has 9 heteroatoms. The first-order valence-electron chi connectivity index (χ1n) is 8.49. The van der Waals surface area contributed by atoms with Crippen molar-refractivity contribution < 1.29 is 19.1 Å². The van der Waals surface area contributed by atoms with Gasteiger partial charge in [0.05, 0.1) is 0 Å². The Balaban J connectivity index is 1.76. The smallest absolute Gasteiger partial charge is 0.263 e. The molecule has 0 aliphatic carbocycles. The van der Waals surface area contributed by atoms with Crippen molar-refractivity contribution >= 4 is 62.7 Å². The summed E-state index contributed by atoms with van der Waals surface area (Å²) < 4.78 is 6.34. The maximum Gasteiger partial charge on any atom is 0.263 e. The predicted molar refractivity (Wildman–Crippen MR) is 116 cm³/mol. The zero-order valence-electron chi connectivity index (χ0n) is 15.2. The Labute approximate surface area is 180 Å². The predicted octanol–water partition coefficient (Wildman–Crippen LogP) is 2.69. The molecule has 1 saturated heterocycles. The van der Waals surface area contributed by atoms with Crippen LogP contribution in [0.3, 0.4) is 0 Å². The van der Waals surface area contributed by atoms with E-state index in [1.807, 2.05) is 25.1 Å². The van der Waals surface area contributed by atoms with Crippen molar-refractivity contribution in [3.63, 3.8) is 0 Å². The maximum atomic E-state index is 12.2. The molecule has 0 atom stereocenters. The van der Waals surface area contributed by atoms with Crippen molar-refractivity contribution in [1.82, 2.24) is 10.6 Å². The Morgan fingerprint density at radius 1 is 1.17 bits per heavy atom. The van der Waals surface area contributed by atoms with Gasteiger partial charge >= 0.3 is 0 Å². The number of carbonyl (C=O) groups is 3. The monoisotopic (exact) mass is 473 g/mol. The molecule has 1 fully saturated rings. The molecular weight excluding hydrogens is 458 g/mol. The lowest BCUT2D eigenvalue weighted by atomic mass is 10.1. The summed E-state index contributed by atoms with van der Waals surface area (Å²) in [6, 6.07) is 12.4. The molecule has 0 spiro atoms. The summed E-state index contributed by atoms with van der Waals surface area (Å²) >= 11 is 8.13. The van der Waals surface area contributed by atoms with Crippen molar-refractivity contribution in [2.24, 2.45) is 0 Å². The van der Waals surface area contributed by atoms with E-state index in [-0.39, 0.29) is 23.2 Å². The fourth-order valence-electron chi connectivity index (χ4n) is 2.59. The van der Waals surface area contributed by atoms with Crippen molar-refractivity contribution in [3.8, 4) is 5.75 Å². The lowest BCUT2D eigenvalue weighted by molar-refractivity contribution is -0.123. The fourth-order valence-corrected chi connectivity index (χ4v) is 3.15. The Morgan fingerprint density at radius 2 is 1.90 bits per heavy atom. The number of amides is 3. The molecule has 1 aliphatic heterocycles. The second-order valence-electron chi connectivity index (χ2n) is 6.18. The first kappa shape index (κ1) is 20.7. The number of rotatable bonds is 5. The van der Waals surface area contributed by atoms with E-state index in [0.717, 1.165) is 5.56 Å². The number of aryl methyl sites for hydroxylation is 1. The van der Waals surface area contributed by atoms with E-state index in [9.17, 15) is 14.4 Å². The molecule has 29 heavy (non-hydrogen) atoms. The van der Waals surface area contributed by atoms with Gasteiger partial charge in [0.25, 0.3) is 17.7 Å². The van der Waals surface area contributed by atoms with Gasteiger partial charge in [0.2, 0.25) is 0 Å². The minimum absolute atomic E-state index is 0.0457. The summed E-state index contributed by atoms with van der Waals surface area (Å²) in [5.74, 6) is -1.21. The van der Waals surface area contributed by atoms with Crippen LogP contribution in [0.5, 0.6) is 5.75 Å². The van der Waals surface area contributed by atoms with E-state index in [1.54, 1.807) is 24.3 Å². The molecule has 0 radical (unpaired) electrons. The summed E-state index contributed by atoms with van der Waals surface area (Å²) in [7, 11) is 0. The van der Waals surface area contributed by atoms with Crippen LogP contribution in [0.2, 0.25) is 0 Å². The van der Waals surface area contributed by atoms with Crippen molar-refractivity contribution in [2.45, 2.75) is 6.92 Å². The summed E-state index contributed by atoms with van der Waals surface area (Å²) in [5, 5.41) is 7.45. The SMILES string of the molecule is Cc1cccc(NC(=O)COc2ccc(Br)cc2C=C2C(=O)NC(=S)NC2=O)c1. The highest BCUT2D eigenvalue weighted by Gasteiger charge is 2.26. The Hall–Kier alpha value is -3.04. The lowest BCUT2D eigenvalue weighted by Crippen LogP contribution is -2.51. The number of ether oxygens (including phenoxy) is 1. The summed E-state index contributed by atoms with van der Waals surface area (Å²) in [6.07, 6.45) is 1.38. The van der Waals surface area contributed by atoms with Gasteiger partial charge < -0.3 is 10.1 Å². The van der Waals surface area contributed by atoms with Crippen LogP contribution in [0.15, 0.2) is 52.5 Å². The third kappa shape index (κ3) is 5.49. The van der Waals surface area contributed by atoms with Gasteiger partial charge in [-0.25, -0.2) is 0 Å². The highest BCUT2D eigenvalue weighted by Crippen LogP contribution is 2.26. The maximum absolute atomic E-state index is 12.2. The molecule has 2 aromatic rings. The minimum atomic E-state index is -0.609. The highest BCUT2D eigenvalue weighted by atomic mass is 79.9. The van der Waals surface area contributed by atoms with Gasteiger partial charge in [0, 0.05) is 15.7 Å². The number of nitrogens with one attached hydrogen (secondary N) is 3. The summed E-state index contributed by atoms with van der Waals surface area (Å²) in [6.45, 7) is 1.69. The van der Waals surface area contributed by atoms with Crippen LogP contribution >= 0.6 is 28.1 Å². The largest absolute Gasteiger partial charge is 0.483 e. The van der Waals surface area contributed by atoms with Gasteiger partial charge in [0.15, 0.2) is 11.7 Å². The molecule has 0 unspecified atom stereocenters. The van der Waals surface area contributed by atoms with Crippen LogP contribution in [0.4, 0.5) is 5.69 Å². The van der Waals surface area contributed by atoms with E-state index in [2.05, 4.69) is 31.9 Å². The molecule has 1 aliphatic rings. The van der Waals surface area contributed by atoms with Crippen LogP contribution in [0.25, 0.3) is 6.08 Å². The summed E-state index contributed by atoms with van der Waals surface area (Å²) in [4.78, 5) is 36.3. The van der Waals surface area contributed by atoms with Crippen LogP contribution < -0.4 is 20.7 Å². The van der Waals surface area contributed by atoms with E-state index >= 15 is 0 Å². The fraction of sp³-hybridized carbons (Fsp3) is 0.100. The number of anilines is 1. The third-order valence-corrected chi connectivity index (χ3v) is 4.57. The van der Waals surface area contributed by atoms with Gasteiger partial charge in [-0.15, -0.1) is 0 Å². The van der Waals surface area contributed by atoms with Crippen LogP contribution in [-0.4, -0.2) is 29.4 Å². The van der Waals surface area contributed by atoms with Gasteiger partial charge in [-0.2, -0.15) is 0 Å². The number of benzene rings is 2. The van der Waals surface area contributed by atoms with E-state index in [4.69, 9.17) is 17.0 Å². The number of carbonyl (C=O) groups excluding carboxylic acids is 3. The Kier molecular flexibility index (Phi) is 6.40. The first-order valence-corrected chi connectivity index (χ1v) is 9.69. The number of halogens is 1. The van der Waals surface area contributed by atoms with E-state index in [0.29, 0.717) is 21.5 Å². The van der Waals surface area contributed by atoms with Crippen molar-refractivity contribution in [1.29, 1.82) is 0 Å². The summed E-state index contributed by atoms with van der Waals surface area (Å²) in [5.41, 5.74) is 2.03. The van der Waals surface area contributed by atoms with E-state index < -0.39 is 11.8 Å². The first-order chi connectivity index (χ1) is 13.8.